The van der Waals surface area contributed by atoms with Crippen LogP contribution in [0.3, 0.4) is 0 Å². The minimum absolute atomic E-state index is 0.176. The molecule has 5 rings (SSSR count). The Balaban J connectivity index is 1.37. The summed E-state index contributed by atoms with van der Waals surface area (Å²) in [7, 11) is 2.06. The highest BCUT2D eigenvalue weighted by atomic mass is 16.1. The van der Waals surface area contributed by atoms with Crippen LogP contribution in [0.25, 0.3) is 10.9 Å². The maximum absolute atomic E-state index is 13.3. The van der Waals surface area contributed by atoms with Crippen LogP contribution in [0, 0.1) is 6.92 Å². The zero-order chi connectivity index (χ0) is 22.8. The van der Waals surface area contributed by atoms with Gasteiger partial charge in [0.25, 0.3) is 0 Å². The van der Waals surface area contributed by atoms with E-state index in [1.165, 1.54) is 11.1 Å². The fraction of sp³-hybridized carbons (Fsp3) is 0.276. The van der Waals surface area contributed by atoms with Crippen molar-refractivity contribution in [3.63, 3.8) is 0 Å². The first-order chi connectivity index (χ1) is 16.1. The maximum atomic E-state index is 13.3. The van der Waals surface area contributed by atoms with Crippen LogP contribution < -0.4 is 5.43 Å². The van der Waals surface area contributed by atoms with E-state index in [4.69, 9.17) is 0 Å². The number of pyridine rings is 1. The molecule has 0 radical (unpaired) electrons. The van der Waals surface area contributed by atoms with E-state index in [9.17, 15) is 4.79 Å². The van der Waals surface area contributed by atoms with Crippen molar-refractivity contribution in [1.82, 2.24) is 14.4 Å². The van der Waals surface area contributed by atoms with Crippen molar-refractivity contribution >= 4 is 10.9 Å². The van der Waals surface area contributed by atoms with Crippen LogP contribution in [0.4, 0.5) is 0 Å². The van der Waals surface area contributed by atoms with Gasteiger partial charge in [-0.2, -0.15) is 0 Å². The molecule has 3 aromatic carbocycles. The molecule has 0 saturated carbocycles. The summed E-state index contributed by atoms with van der Waals surface area (Å²) in [6.45, 7) is 6.62. The molecule has 2 heterocycles. The van der Waals surface area contributed by atoms with Crippen molar-refractivity contribution in [1.29, 1.82) is 0 Å². The Morgan fingerprint density at radius 1 is 0.758 bits per heavy atom. The number of hydrogen-bond donors (Lipinski definition) is 0. The number of aromatic nitrogens is 1. The monoisotopic (exact) mass is 437 g/mol. The number of fused-ring (bicyclic) bond motifs is 1. The number of para-hydroxylation sites is 1. The molecule has 4 nitrogen and oxygen atoms in total. The molecule has 4 aromatic rings. The van der Waals surface area contributed by atoms with Crippen LogP contribution in [0.2, 0.25) is 0 Å². The molecule has 0 aliphatic carbocycles. The number of benzene rings is 3. The molecule has 1 aliphatic rings. The van der Waals surface area contributed by atoms with Gasteiger partial charge in [-0.15, -0.1) is 0 Å². The van der Waals surface area contributed by atoms with E-state index in [-0.39, 0.29) is 11.5 Å². The normalized spacial score (nSPS) is 15.4. The Morgan fingerprint density at radius 2 is 1.30 bits per heavy atom. The molecule has 0 N–H and O–H groups in total. The number of aryl methyl sites for hydroxylation is 1. The molecule has 1 aromatic heterocycles. The SMILES string of the molecule is Cc1c(CN2CCN(C(c3ccccc3)c3ccccc3)CC2)c(=O)c2ccccc2n1C. The molecule has 1 saturated heterocycles. The first kappa shape index (κ1) is 21.6. The second-order valence-electron chi connectivity index (χ2n) is 9.01. The first-order valence-corrected chi connectivity index (χ1v) is 11.8. The van der Waals surface area contributed by atoms with Gasteiger partial charge in [-0.25, -0.2) is 0 Å². The molecule has 168 valence electrons. The van der Waals surface area contributed by atoms with Crippen molar-refractivity contribution in [3.05, 3.63) is 118 Å². The predicted octanol–water partition coefficient (Wildman–Crippen LogP) is 4.75. The van der Waals surface area contributed by atoms with Gasteiger partial charge in [-0.1, -0.05) is 72.8 Å². The standard InChI is InChI=1S/C29H31N3O/c1-22-26(29(33)25-15-9-10-16-27(25)30(22)2)21-31-17-19-32(20-18-31)28(23-11-5-3-6-12-23)24-13-7-4-8-14-24/h3-16,28H,17-21H2,1-2H3. The van der Waals surface area contributed by atoms with Gasteiger partial charge < -0.3 is 4.57 Å². The zero-order valence-electron chi connectivity index (χ0n) is 19.4. The summed E-state index contributed by atoms with van der Waals surface area (Å²) in [6, 6.07) is 29.7. The highest BCUT2D eigenvalue weighted by Gasteiger charge is 2.27. The maximum Gasteiger partial charge on any atom is 0.194 e. The fourth-order valence-electron chi connectivity index (χ4n) is 5.14. The topological polar surface area (TPSA) is 28.5 Å². The Labute approximate surface area is 195 Å². The molecule has 33 heavy (non-hydrogen) atoms. The van der Waals surface area contributed by atoms with Gasteiger partial charge in [0.05, 0.1) is 11.6 Å². The van der Waals surface area contributed by atoms with Gasteiger partial charge in [-0.3, -0.25) is 14.6 Å². The zero-order valence-corrected chi connectivity index (χ0v) is 19.4. The summed E-state index contributed by atoms with van der Waals surface area (Å²) in [6.07, 6.45) is 0. The fourth-order valence-corrected chi connectivity index (χ4v) is 5.14. The molecular weight excluding hydrogens is 406 g/mol. The molecular formula is C29H31N3O. The van der Waals surface area contributed by atoms with Gasteiger partial charge in [0.15, 0.2) is 5.43 Å². The van der Waals surface area contributed by atoms with E-state index >= 15 is 0 Å². The lowest BCUT2D eigenvalue weighted by molar-refractivity contribution is 0.104. The molecule has 0 unspecified atom stereocenters. The quantitative estimate of drug-likeness (QED) is 0.451. The average Bonchev–Trinajstić information content (AvgIpc) is 2.88. The van der Waals surface area contributed by atoms with E-state index < -0.39 is 0 Å². The van der Waals surface area contributed by atoms with Crippen molar-refractivity contribution in [2.24, 2.45) is 7.05 Å². The molecule has 4 heteroatoms. The third kappa shape index (κ3) is 4.24. The summed E-state index contributed by atoms with van der Waals surface area (Å²) in [5.41, 5.74) is 5.82. The summed E-state index contributed by atoms with van der Waals surface area (Å²) >= 11 is 0. The molecule has 1 fully saturated rings. The summed E-state index contributed by atoms with van der Waals surface area (Å²) in [4.78, 5) is 18.3. The van der Waals surface area contributed by atoms with Crippen LogP contribution in [0.5, 0.6) is 0 Å². The minimum atomic E-state index is 0.176. The molecule has 0 amide bonds. The lowest BCUT2D eigenvalue weighted by Crippen LogP contribution is -2.48. The van der Waals surface area contributed by atoms with Crippen LogP contribution in [-0.4, -0.2) is 40.5 Å². The molecule has 0 bridgehead atoms. The number of rotatable bonds is 5. The molecule has 0 atom stereocenters. The largest absolute Gasteiger partial charge is 0.347 e. The van der Waals surface area contributed by atoms with E-state index in [0.717, 1.165) is 48.3 Å². The van der Waals surface area contributed by atoms with Crippen LogP contribution >= 0.6 is 0 Å². The Hall–Kier alpha value is -3.21. The van der Waals surface area contributed by atoms with Gasteiger partial charge >= 0.3 is 0 Å². The number of nitrogens with zero attached hydrogens (tertiary/aromatic N) is 3. The first-order valence-electron chi connectivity index (χ1n) is 11.8. The van der Waals surface area contributed by atoms with Crippen LogP contribution in [0.1, 0.15) is 28.4 Å². The Morgan fingerprint density at radius 3 is 1.91 bits per heavy atom. The van der Waals surface area contributed by atoms with E-state index in [1.54, 1.807) is 0 Å². The predicted molar refractivity (Wildman–Crippen MR) is 136 cm³/mol. The number of piperazine rings is 1. The lowest BCUT2D eigenvalue weighted by Gasteiger charge is -2.40. The van der Waals surface area contributed by atoms with Crippen molar-refractivity contribution < 1.29 is 0 Å². The highest BCUT2D eigenvalue weighted by Crippen LogP contribution is 2.29. The summed E-state index contributed by atoms with van der Waals surface area (Å²) in [5.74, 6) is 0. The van der Waals surface area contributed by atoms with Crippen molar-refractivity contribution in [3.8, 4) is 0 Å². The van der Waals surface area contributed by atoms with Crippen molar-refractivity contribution in [2.45, 2.75) is 19.5 Å². The van der Waals surface area contributed by atoms with Crippen LogP contribution in [-0.2, 0) is 13.6 Å². The molecule has 0 spiro atoms. The third-order valence-electron chi connectivity index (χ3n) is 7.11. The highest BCUT2D eigenvalue weighted by molar-refractivity contribution is 5.80. The Bertz CT molecular complexity index is 1250. The molecule has 1 aliphatic heterocycles. The van der Waals surface area contributed by atoms with E-state index in [0.29, 0.717) is 6.54 Å². The van der Waals surface area contributed by atoms with Gasteiger partial charge in [0.2, 0.25) is 0 Å². The van der Waals surface area contributed by atoms with Crippen molar-refractivity contribution in [2.75, 3.05) is 26.2 Å². The Kier molecular flexibility index (Phi) is 6.12. The third-order valence-corrected chi connectivity index (χ3v) is 7.11. The average molecular weight is 438 g/mol. The second-order valence-corrected chi connectivity index (χ2v) is 9.01. The van der Waals surface area contributed by atoms with Gasteiger partial charge in [0, 0.05) is 56.4 Å². The van der Waals surface area contributed by atoms with Gasteiger partial charge in [0.1, 0.15) is 0 Å². The van der Waals surface area contributed by atoms with E-state index in [2.05, 4.69) is 89.0 Å². The van der Waals surface area contributed by atoms with Crippen LogP contribution in [0.15, 0.2) is 89.7 Å². The summed E-state index contributed by atoms with van der Waals surface area (Å²) < 4.78 is 2.16. The van der Waals surface area contributed by atoms with Gasteiger partial charge in [-0.05, 0) is 30.2 Å². The van der Waals surface area contributed by atoms with E-state index in [1.807, 2.05) is 24.3 Å². The number of hydrogen-bond acceptors (Lipinski definition) is 3. The minimum Gasteiger partial charge on any atom is -0.347 e. The lowest BCUT2D eigenvalue weighted by atomic mass is 9.96. The summed E-state index contributed by atoms with van der Waals surface area (Å²) in [5, 5.41) is 0.812. The smallest absolute Gasteiger partial charge is 0.194 e. The second kappa shape index (κ2) is 9.34.